The van der Waals surface area contributed by atoms with E-state index >= 15 is 0 Å². The van der Waals surface area contributed by atoms with Crippen LogP contribution in [0, 0.1) is 0 Å². The summed E-state index contributed by atoms with van der Waals surface area (Å²) in [6, 6.07) is 7.66. The number of imidazole rings is 1. The van der Waals surface area contributed by atoms with Crippen molar-refractivity contribution < 1.29 is 4.74 Å². The van der Waals surface area contributed by atoms with Crippen molar-refractivity contribution in [1.82, 2.24) is 19.1 Å². The molecule has 5 rings (SSSR count). The van der Waals surface area contributed by atoms with Crippen LogP contribution >= 0.6 is 23.1 Å². The molecule has 0 saturated heterocycles. The standard InChI is InChI=1S/C22H22N4O2S2/c1-3-28-15-9-7-14(8-10-15)26-21(27)19-16-5-4-6-17(16)30-20(19)24-22(26)29-13-18-23-11-12-25(18)2/h7-12H,3-6,13H2,1-2H3. The van der Waals surface area contributed by atoms with Crippen LogP contribution in [-0.4, -0.2) is 25.7 Å². The van der Waals surface area contributed by atoms with E-state index in [4.69, 9.17) is 9.72 Å². The van der Waals surface area contributed by atoms with E-state index in [1.807, 2.05) is 49.0 Å². The van der Waals surface area contributed by atoms with E-state index in [1.165, 1.54) is 10.4 Å². The highest BCUT2D eigenvalue weighted by Crippen LogP contribution is 2.36. The summed E-state index contributed by atoms with van der Waals surface area (Å²) in [5, 5.41) is 1.49. The van der Waals surface area contributed by atoms with Gasteiger partial charge >= 0.3 is 0 Å². The molecular weight excluding hydrogens is 416 g/mol. The molecule has 6 nitrogen and oxygen atoms in total. The summed E-state index contributed by atoms with van der Waals surface area (Å²) in [5.41, 5.74) is 2.02. The van der Waals surface area contributed by atoms with Crippen LogP contribution in [0.3, 0.4) is 0 Å². The molecular formula is C22H22N4O2S2. The van der Waals surface area contributed by atoms with Gasteiger partial charge in [0.25, 0.3) is 5.56 Å². The topological polar surface area (TPSA) is 61.9 Å². The van der Waals surface area contributed by atoms with Crippen molar-refractivity contribution in [3.05, 3.63) is 63.3 Å². The zero-order valence-corrected chi connectivity index (χ0v) is 18.6. The van der Waals surface area contributed by atoms with Crippen LogP contribution in [0.5, 0.6) is 5.75 Å². The van der Waals surface area contributed by atoms with E-state index < -0.39 is 0 Å². The third-order valence-electron chi connectivity index (χ3n) is 5.37. The van der Waals surface area contributed by atoms with E-state index in [0.717, 1.165) is 46.7 Å². The van der Waals surface area contributed by atoms with Crippen LogP contribution in [0.25, 0.3) is 15.9 Å². The lowest BCUT2D eigenvalue weighted by molar-refractivity contribution is 0.340. The van der Waals surface area contributed by atoms with Gasteiger partial charge in [-0.1, -0.05) is 11.8 Å². The molecule has 30 heavy (non-hydrogen) atoms. The van der Waals surface area contributed by atoms with Gasteiger partial charge in [-0.25, -0.2) is 9.97 Å². The number of ether oxygens (including phenoxy) is 1. The summed E-state index contributed by atoms with van der Waals surface area (Å²) < 4.78 is 9.31. The maximum atomic E-state index is 13.7. The average Bonchev–Trinajstić information content (AvgIpc) is 3.43. The normalized spacial score (nSPS) is 13.1. The van der Waals surface area contributed by atoms with Crippen LogP contribution < -0.4 is 10.3 Å². The van der Waals surface area contributed by atoms with Gasteiger partial charge in [0.1, 0.15) is 16.4 Å². The zero-order valence-electron chi connectivity index (χ0n) is 16.9. The first-order chi connectivity index (χ1) is 14.7. The first kappa shape index (κ1) is 19.4. The molecule has 1 aliphatic carbocycles. The third-order valence-corrected chi connectivity index (χ3v) is 7.49. The number of nitrogens with zero attached hydrogens (tertiary/aromatic N) is 4. The third kappa shape index (κ3) is 3.33. The highest BCUT2D eigenvalue weighted by molar-refractivity contribution is 7.98. The molecule has 8 heteroatoms. The number of thiophene rings is 1. The minimum Gasteiger partial charge on any atom is -0.494 e. The number of aryl methyl sites for hydroxylation is 3. The monoisotopic (exact) mass is 438 g/mol. The summed E-state index contributed by atoms with van der Waals surface area (Å²) in [6.45, 7) is 2.57. The minimum absolute atomic E-state index is 0.0194. The molecule has 154 valence electrons. The number of aromatic nitrogens is 4. The molecule has 3 aromatic heterocycles. The number of benzene rings is 1. The fourth-order valence-corrected chi connectivity index (χ4v) is 6.19. The van der Waals surface area contributed by atoms with Gasteiger partial charge in [-0.05, 0) is 56.0 Å². The van der Waals surface area contributed by atoms with E-state index in [9.17, 15) is 4.79 Å². The van der Waals surface area contributed by atoms with Crippen LogP contribution in [0.1, 0.15) is 29.6 Å². The Morgan fingerprint density at radius 2 is 2.07 bits per heavy atom. The Bertz CT molecular complexity index is 1270. The molecule has 0 N–H and O–H groups in total. The Morgan fingerprint density at radius 3 is 2.80 bits per heavy atom. The second kappa shape index (κ2) is 7.92. The summed E-state index contributed by atoms with van der Waals surface area (Å²) in [4.78, 5) is 25.2. The molecule has 0 spiro atoms. The van der Waals surface area contributed by atoms with Crippen molar-refractivity contribution in [2.24, 2.45) is 7.05 Å². The van der Waals surface area contributed by atoms with Gasteiger partial charge in [0.15, 0.2) is 5.16 Å². The molecule has 1 aromatic carbocycles. The lowest BCUT2D eigenvalue weighted by atomic mass is 10.2. The Labute approximate surface area is 182 Å². The molecule has 0 fully saturated rings. The van der Waals surface area contributed by atoms with Gasteiger partial charge in [0.2, 0.25) is 0 Å². The Hall–Kier alpha value is -2.58. The van der Waals surface area contributed by atoms with Crippen LogP contribution in [0.15, 0.2) is 46.6 Å². The maximum Gasteiger partial charge on any atom is 0.267 e. The van der Waals surface area contributed by atoms with Crippen molar-refractivity contribution in [3.63, 3.8) is 0 Å². The van der Waals surface area contributed by atoms with Crippen LogP contribution in [0.2, 0.25) is 0 Å². The predicted octanol–water partition coefficient (Wildman–Crippen LogP) is 4.36. The number of thioether (sulfide) groups is 1. The Morgan fingerprint density at radius 1 is 1.23 bits per heavy atom. The summed E-state index contributed by atoms with van der Waals surface area (Å²) in [6.07, 6.45) is 6.85. The van der Waals surface area contributed by atoms with Gasteiger partial charge in [0, 0.05) is 24.3 Å². The van der Waals surface area contributed by atoms with Crippen molar-refractivity contribution in [3.8, 4) is 11.4 Å². The number of rotatable bonds is 6. The SMILES string of the molecule is CCOc1ccc(-n2c(SCc3nccn3C)nc3sc4c(c3c2=O)CCC4)cc1. The second-order valence-corrected chi connectivity index (χ2v) is 9.27. The van der Waals surface area contributed by atoms with Crippen LogP contribution in [0.4, 0.5) is 0 Å². The molecule has 0 atom stereocenters. The molecule has 3 heterocycles. The molecule has 4 aromatic rings. The van der Waals surface area contributed by atoms with Gasteiger partial charge < -0.3 is 9.30 Å². The largest absolute Gasteiger partial charge is 0.494 e. The van der Waals surface area contributed by atoms with Crippen molar-refractivity contribution >= 4 is 33.3 Å². The summed E-state index contributed by atoms with van der Waals surface area (Å²) in [7, 11) is 1.98. The zero-order chi connectivity index (χ0) is 20.7. The minimum atomic E-state index is 0.0194. The Balaban J connectivity index is 1.64. The predicted molar refractivity (Wildman–Crippen MR) is 121 cm³/mol. The fourth-order valence-electron chi connectivity index (χ4n) is 3.87. The number of fused-ring (bicyclic) bond motifs is 3. The van der Waals surface area contributed by atoms with Crippen LogP contribution in [-0.2, 0) is 25.6 Å². The maximum absolute atomic E-state index is 13.7. The molecule has 0 saturated carbocycles. The number of hydrogen-bond acceptors (Lipinski definition) is 6. The van der Waals surface area contributed by atoms with Crippen molar-refractivity contribution in [1.29, 1.82) is 0 Å². The van der Waals surface area contributed by atoms with Gasteiger partial charge in [0.05, 0.1) is 23.4 Å². The molecule has 1 aliphatic rings. The summed E-state index contributed by atoms with van der Waals surface area (Å²) in [5.74, 6) is 2.38. The fraction of sp³-hybridized carbons (Fsp3) is 0.318. The molecule has 0 aliphatic heterocycles. The number of hydrogen-bond donors (Lipinski definition) is 0. The van der Waals surface area contributed by atoms with Crippen molar-refractivity contribution in [2.45, 2.75) is 37.1 Å². The summed E-state index contributed by atoms with van der Waals surface area (Å²) >= 11 is 3.22. The van der Waals surface area contributed by atoms with E-state index in [0.29, 0.717) is 17.5 Å². The first-order valence-corrected chi connectivity index (χ1v) is 11.9. The Kier molecular flexibility index (Phi) is 5.12. The van der Waals surface area contributed by atoms with E-state index in [-0.39, 0.29) is 5.56 Å². The van der Waals surface area contributed by atoms with E-state index in [1.54, 1.807) is 33.9 Å². The lowest BCUT2D eigenvalue weighted by Crippen LogP contribution is -2.22. The van der Waals surface area contributed by atoms with Gasteiger partial charge in [-0.3, -0.25) is 9.36 Å². The molecule has 0 amide bonds. The highest BCUT2D eigenvalue weighted by atomic mass is 32.2. The molecule has 0 radical (unpaired) electrons. The second-order valence-electron chi connectivity index (χ2n) is 7.24. The van der Waals surface area contributed by atoms with Crippen molar-refractivity contribution in [2.75, 3.05) is 6.61 Å². The molecule has 0 bridgehead atoms. The van der Waals surface area contributed by atoms with Gasteiger partial charge in [-0.2, -0.15) is 0 Å². The smallest absolute Gasteiger partial charge is 0.267 e. The quantitative estimate of drug-likeness (QED) is 0.331. The first-order valence-electron chi connectivity index (χ1n) is 10.0. The average molecular weight is 439 g/mol. The van der Waals surface area contributed by atoms with Gasteiger partial charge in [-0.15, -0.1) is 11.3 Å². The molecule has 0 unspecified atom stereocenters. The highest BCUT2D eigenvalue weighted by Gasteiger charge is 2.24. The van der Waals surface area contributed by atoms with E-state index in [2.05, 4.69) is 4.98 Å². The lowest BCUT2D eigenvalue weighted by Gasteiger charge is -2.13.